The van der Waals surface area contributed by atoms with Crippen LogP contribution in [0.5, 0.6) is 11.5 Å². The number of ether oxygens (including phenoxy) is 1. The lowest BCUT2D eigenvalue weighted by Crippen LogP contribution is -2.04. The van der Waals surface area contributed by atoms with Crippen LogP contribution in [-0.4, -0.2) is 9.78 Å². The third kappa shape index (κ3) is 3.11. The predicted molar refractivity (Wildman–Crippen MR) is 71.6 cm³/mol. The van der Waals surface area contributed by atoms with Gasteiger partial charge in [-0.3, -0.25) is 4.68 Å². The topological polar surface area (TPSA) is 53.1 Å². The number of rotatable bonds is 5. The summed E-state index contributed by atoms with van der Waals surface area (Å²) in [5.74, 6) is 1.56. The predicted octanol–water partition coefficient (Wildman–Crippen LogP) is 3.11. The Bertz CT molecular complexity index is 488. The standard InChI is InChI=1S/C14H19N3O/c1-3-8-17-10-14(9-16-17)18-13-6-4-12(5-7-13)11(2)15/h4-7,9-11H,3,8,15H2,1-2H3/t11-/m1/s1. The molecule has 2 N–H and O–H groups in total. The Morgan fingerprint density at radius 3 is 2.61 bits per heavy atom. The number of aromatic nitrogens is 2. The van der Waals surface area contributed by atoms with Crippen LogP contribution < -0.4 is 10.5 Å². The molecule has 0 radical (unpaired) electrons. The molecule has 1 aromatic heterocycles. The maximum absolute atomic E-state index is 5.80. The first-order valence-corrected chi connectivity index (χ1v) is 6.25. The lowest BCUT2D eigenvalue weighted by atomic mass is 10.1. The molecule has 1 heterocycles. The van der Waals surface area contributed by atoms with Crippen LogP contribution in [-0.2, 0) is 6.54 Å². The molecule has 1 aromatic carbocycles. The maximum Gasteiger partial charge on any atom is 0.165 e. The van der Waals surface area contributed by atoms with Crippen molar-refractivity contribution in [3.05, 3.63) is 42.2 Å². The molecule has 0 fully saturated rings. The van der Waals surface area contributed by atoms with Crippen molar-refractivity contribution in [2.24, 2.45) is 5.73 Å². The van der Waals surface area contributed by atoms with Gasteiger partial charge < -0.3 is 10.5 Å². The second kappa shape index (κ2) is 5.69. The zero-order valence-electron chi connectivity index (χ0n) is 10.8. The van der Waals surface area contributed by atoms with E-state index in [1.807, 2.05) is 42.1 Å². The number of nitrogens with two attached hydrogens (primary N) is 1. The Kier molecular flexibility index (Phi) is 3.99. The SMILES string of the molecule is CCCn1cc(Oc2ccc([C@@H](C)N)cc2)cn1. The monoisotopic (exact) mass is 245 g/mol. The van der Waals surface area contributed by atoms with E-state index < -0.39 is 0 Å². The lowest BCUT2D eigenvalue weighted by Gasteiger charge is -2.07. The van der Waals surface area contributed by atoms with Crippen molar-refractivity contribution in [1.29, 1.82) is 0 Å². The summed E-state index contributed by atoms with van der Waals surface area (Å²) in [7, 11) is 0. The van der Waals surface area contributed by atoms with E-state index in [-0.39, 0.29) is 6.04 Å². The third-order valence-corrected chi connectivity index (χ3v) is 2.70. The van der Waals surface area contributed by atoms with Crippen molar-refractivity contribution in [3.63, 3.8) is 0 Å². The van der Waals surface area contributed by atoms with E-state index in [1.54, 1.807) is 6.20 Å². The molecule has 2 aromatic rings. The summed E-state index contributed by atoms with van der Waals surface area (Å²) in [5, 5.41) is 4.22. The minimum atomic E-state index is 0.0476. The van der Waals surface area contributed by atoms with E-state index in [9.17, 15) is 0 Å². The number of hydrogen-bond donors (Lipinski definition) is 1. The van der Waals surface area contributed by atoms with Gasteiger partial charge in [-0.2, -0.15) is 5.10 Å². The Balaban J connectivity index is 2.03. The molecule has 4 nitrogen and oxygen atoms in total. The van der Waals surface area contributed by atoms with Gasteiger partial charge in [-0.15, -0.1) is 0 Å². The van der Waals surface area contributed by atoms with E-state index in [0.717, 1.165) is 30.0 Å². The highest BCUT2D eigenvalue weighted by molar-refractivity contribution is 5.32. The molecule has 0 aliphatic carbocycles. The fraction of sp³-hybridized carbons (Fsp3) is 0.357. The summed E-state index contributed by atoms with van der Waals surface area (Å²) >= 11 is 0. The van der Waals surface area contributed by atoms with Crippen molar-refractivity contribution in [3.8, 4) is 11.5 Å². The highest BCUT2D eigenvalue weighted by Gasteiger charge is 2.02. The van der Waals surface area contributed by atoms with Crippen molar-refractivity contribution in [2.75, 3.05) is 0 Å². The molecule has 18 heavy (non-hydrogen) atoms. The van der Waals surface area contributed by atoms with Crippen LogP contribution in [0.1, 0.15) is 31.9 Å². The quantitative estimate of drug-likeness (QED) is 0.880. The largest absolute Gasteiger partial charge is 0.454 e. The van der Waals surface area contributed by atoms with Crippen LogP contribution in [0.4, 0.5) is 0 Å². The summed E-state index contributed by atoms with van der Waals surface area (Å²) < 4.78 is 7.60. The summed E-state index contributed by atoms with van der Waals surface area (Å²) in [6.07, 6.45) is 4.70. The van der Waals surface area contributed by atoms with E-state index in [0.29, 0.717) is 0 Å². The fourth-order valence-electron chi connectivity index (χ4n) is 1.72. The van der Waals surface area contributed by atoms with Gasteiger partial charge in [0, 0.05) is 12.6 Å². The molecule has 0 saturated carbocycles. The van der Waals surface area contributed by atoms with Crippen LogP contribution >= 0.6 is 0 Å². The minimum absolute atomic E-state index is 0.0476. The molecule has 0 aliphatic heterocycles. The van der Waals surface area contributed by atoms with Crippen LogP contribution in [0.2, 0.25) is 0 Å². The molecule has 0 spiro atoms. The second-order valence-corrected chi connectivity index (χ2v) is 4.40. The Morgan fingerprint density at radius 2 is 2.00 bits per heavy atom. The Morgan fingerprint density at radius 1 is 1.28 bits per heavy atom. The van der Waals surface area contributed by atoms with Gasteiger partial charge in [0.15, 0.2) is 5.75 Å². The molecule has 0 amide bonds. The first-order valence-electron chi connectivity index (χ1n) is 6.25. The van der Waals surface area contributed by atoms with E-state index in [4.69, 9.17) is 10.5 Å². The number of benzene rings is 1. The van der Waals surface area contributed by atoms with Crippen molar-refractivity contribution < 1.29 is 4.74 Å². The van der Waals surface area contributed by atoms with E-state index in [2.05, 4.69) is 12.0 Å². The molecular formula is C14H19N3O. The van der Waals surface area contributed by atoms with Gasteiger partial charge in [-0.25, -0.2) is 0 Å². The lowest BCUT2D eigenvalue weighted by molar-refractivity contribution is 0.480. The summed E-state index contributed by atoms with van der Waals surface area (Å²) in [6, 6.07) is 7.87. The molecule has 4 heteroatoms. The van der Waals surface area contributed by atoms with Gasteiger partial charge in [0.1, 0.15) is 5.75 Å². The molecule has 2 rings (SSSR count). The summed E-state index contributed by atoms with van der Waals surface area (Å²) in [6.45, 7) is 4.99. The zero-order chi connectivity index (χ0) is 13.0. The van der Waals surface area contributed by atoms with Crippen molar-refractivity contribution in [2.45, 2.75) is 32.9 Å². The van der Waals surface area contributed by atoms with Gasteiger partial charge in [0.2, 0.25) is 0 Å². The fourth-order valence-corrected chi connectivity index (χ4v) is 1.72. The minimum Gasteiger partial charge on any atom is -0.454 e. The number of hydrogen-bond acceptors (Lipinski definition) is 3. The molecule has 0 saturated heterocycles. The van der Waals surface area contributed by atoms with Crippen molar-refractivity contribution in [1.82, 2.24) is 9.78 Å². The molecular weight excluding hydrogens is 226 g/mol. The Hall–Kier alpha value is -1.81. The zero-order valence-corrected chi connectivity index (χ0v) is 10.8. The highest BCUT2D eigenvalue weighted by atomic mass is 16.5. The molecule has 0 aliphatic rings. The summed E-state index contributed by atoms with van der Waals surface area (Å²) in [5.41, 5.74) is 6.90. The molecule has 0 unspecified atom stereocenters. The van der Waals surface area contributed by atoms with Crippen LogP contribution in [0.3, 0.4) is 0 Å². The number of aryl methyl sites for hydroxylation is 1. The Labute approximate surface area is 107 Å². The normalized spacial score (nSPS) is 12.4. The number of nitrogens with zero attached hydrogens (tertiary/aromatic N) is 2. The smallest absolute Gasteiger partial charge is 0.165 e. The molecule has 0 bridgehead atoms. The first kappa shape index (κ1) is 12.6. The van der Waals surface area contributed by atoms with Gasteiger partial charge in [0.05, 0.1) is 12.4 Å². The highest BCUT2D eigenvalue weighted by Crippen LogP contribution is 2.22. The average Bonchev–Trinajstić information content (AvgIpc) is 2.78. The van der Waals surface area contributed by atoms with Crippen LogP contribution in [0, 0.1) is 0 Å². The second-order valence-electron chi connectivity index (χ2n) is 4.40. The van der Waals surface area contributed by atoms with Crippen molar-refractivity contribution >= 4 is 0 Å². The average molecular weight is 245 g/mol. The van der Waals surface area contributed by atoms with Gasteiger partial charge >= 0.3 is 0 Å². The maximum atomic E-state index is 5.80. The van der Waals surface area contributed by atoms with Crippen LogP contribution in [0.15, 0.2) is 36.7 Å². The van der Waals surface area contributed by atoms with Gasteiger partial charge in [-0.05, 0) is 31.0 Å². The van der Waals surface area contributed by atoms with Gasteiger partial charge in [-0.1, -0.05) is 19.1 Å². The first-order chi connectivity index (χ1) is 8.69. The van der Waals surface area contributed by atoms with E-state index >= 15 is 0 Å². The molecule has 1 atom stereocenters. The summed E-state index contributed by atoms with van der Waals surface area (Å²) in [4.78, 5) is 0. The van der Waals surface area contributed by atoms with Crippen LogP contribution in [0.25, 0.3) is 0 Å². The van der Waals surface area contributed by atoms with E-state index in [1.165, 1.54) is 0 Å². The molecule has 96 valence electrons. The van der Waals surface area contributed by atoms with Gasteiger partial charge in [0.25, 0.3) is 0 Å². The third-order valence-electron chi connectivity index (χ3n) is 2.70.